The quantitative estimate of drug-likeness (QED) is 0.502. The number of nitro benzene ring substituents is 1. The van der Waals surface area contributed by atoms with Crippen molar-refractivity contribution < 1.29 is 9.72 Å². The number of hydrogen-bond donors (Lipinski definition) is 0. The lowest BCUT2D eigenvalue weighted by Crippen LogP contribution is -2.31. The zero-order chi connectivity index (χ0) is 18.3. The average molecular weight is 368 g/mol. The molecule has 3 aromatic rings. The maximum atomic E-state index is 13.3. The maximum Gasteiger partial charge on any atom is 0.288 e. The SMILES string of the molecule is O=C(c1cccc([N+](=O)[O-])c1Cl)N1Cc2cccn2Cc2ccccc21. The molecule has 1 aliphatic rings. The summed E-state index contributed by atoms with van der Waals surface area (Å²) in [5, 5.41) is 11.0. The van der Waals surface area contributed by atoms with Gasteiger partial charge in [0.1, 0.15) is 5.02 Å². The molecule has 4 rings (SSSR count). The molecule has 0 unspecified atom stereocenters. The average Bonchev–Trinajstić information content (AvgIpc) is 3.00. The Bertz CT molecular complexity index is 1030. The van der Waals surface area contributed by atoms with Crippen molar-refractivity contribution in [3.8, 4) is 0 Å². The van der Waals surface area contributed by atoms with Gasteiger partial charge in [-0.15, -0.1) is 0 Å². The van der Waals surface area contributed by atoms with Crippen molar-refractivity contribution in [1.82, 2.24) is 4.57 Å². The smallest absolute Gasteiger partial charge is 0.288 e. The fourth-order valence-electron chi connectivity index (χ4n) is 3.24. The molecule has 0 aliphatic carbocycles. The largest absolute Gasteiger partial charge is 0.345 e. The molecule has 6 nitrogen and oxygen atoms in total. The highest BCUT2D eigenvalue weighted by atomic mass is 35.5. The molecule has 0 atom stereocenters. The molecule has 1 aromatic heterocycles. The van der Waals surface area contributed by atoms with Crippen LogP contribution in [0.15, 0.2) is 60.8 Å². The number of halogens is 1. The fraction of sp³-hybridized carbons (Fsp3) is 0.105. The summed E-state index contributed by atoms with van der Waals surface area (Å²) in [5.74, 6) is -0.360. The molecule has 7 heteroatoms. The van der Waals surface area contributed by atoms with Gasteiger partial charge in [-0.25, -0.2) is 0 Å². The summed E-state index contributed by atoms with van der Waals surface area (Å²) in [5.41, 5.74) is 2.61. The van der Waals surface area contributed by atoms with E-state index in [9.17, 15) is 14.9 Å². The van der Waals surface area contributed by atoms with Gasteiger partial charge in [-0.3, -0.25) is 14.9 Å². The Balaban J connectivity index is 1.83. The first-order valence-corrected chi connectivity index (χ1v) is 8.41. The Morgan fingerprint density at radius 2 is 1.85 bits per heavy atom. The summed E-state index contributed by atoms with van der Waals surface area (Å²) >= 11 is 6.17. The van der Waals surface area contributed by atoms with Gasteiger partial charge in [0, 0.05) is 30.2 Å². The third-order valence-corrected chi connectivity index (χ3v) is 4.91. The van der Waals surface area contributed by atoms with E-state index in [0.717, 1.165) is 16.9 Å². The van der Waals surface area contributed by atoms with E-state index in [-0.39, 0.29) is 22.2 Å². The molecule has 0 N–H and O–H groups in total. The number of nitrogens with zero attached hydrogens (tertiary/aromatic N) is 3. The summed E-state index contributed by atoms with van der Waals surface area (Å²) in [6.07, 6.45) is 1.97. The Kier molecular flexibility index (Phi) is 3.97. The lowest BCUT2D eigenvalue weighted by Gasteiger charge is -2.23. The molecule has 1 amide bonds. The first-order chi connectivity index (χ1) is 12.6. The van der Waals surface area contributed by atoms with Crippen LogP contribution in [0.25, 0.3) is 0 Å². The van der Waals surface area contributed by atoms with E-state index >= 15 is 0 Å². The molecular formula is C19H14ClN3O3. The predicted molar refractivity (Wildman–Crippen MR) is 98.6 cm³/mol. The van der Waals surface area contributed by atoms with Crippen LogP contribution in [-0.2, 0) is 13.1 Å². The van der Waals surface area contributed by atoms with Gasteiger partial charge < -0.3 is 9.47 Å². The standard InChI is InChI=1S/C19H14ClN3O3/c20-18-15(7-3-9-17(18)23(25)26)19(24)22-12-14-6-4-10-21(14)11-13-5-1-2-8-16(13)22/h1-10H,11-12H2. The number of anilines is 1. The number of rotatable bonds is 2. The predicted octanol–water partition coefficient (Wildman–Crippen LogP) is 4.26. The minimum atomic E-state index is -0.583. The number of benzene rings is 2. The third-order valence-electron chi connectivity index (χ3n) is 4.52. The van der Waals surface area contributed by atoms with Crippen molar-refractivity contribution in [3.63, 3.8) is 0 Å². The number of carbonyl (C=O) groups excluding carboxylic acids is 1. The van der Waals surface area contributed by atoms with Crippen LogP contribution < -0.4 is 4.90 Å². The van der Waals surface area contributed by atoms with Crippen LogP contribution in [0.2, 0.25) is 5.02 Å². The van der Waals surface area contributed by atoms with Crippen molar-refractivity contribution >= 4 is 28.9 Å². The Morgan fingerprint density at radius 1 is 1.04 bits per heavy atom. The first-order valence-electron chi connectivity index (χ1n) is 8.03. The highest BCUT2D eigenvalue weighted by molar-refractivity contribution is 6.36. The van der Waals surface area contributed by atoms with Gasteiger partial charge in [0.2, 0.25) is 0 Å². The number of nitro groups is 1. The van der Waals surface area contributed by atoms with Crippen molar-refractivity contribution in [2.75, 3.05) is 4.90 Å². The van der Waals surface area contributed by atoms with Crippen LogP contribution in [0.3, 0.4) is 0 Å². The van der Waals surface area contributed by atoms with Crippen LogP contribution in [0.4, 0.5) is 11.4 Å². The van der Waals surface area contributed by atoms with Gasteiger partial charge >= 0.3 is 0 Å². The Morgan fingerprint density at radius 3 is 2.65 bits per heavy atom. The third kappa shape index (κ3) is 2.64. The summed E-state index contributed by atoms with van der Waals surface area (Å²) in [6, 6.07) is 15.8. The molecule has 0 fully saturated rings. The van der Waals surface area contributed by atoms with E-state index in [4.69, 9.17) is 11.6 Å². The van der Waals surface area contributed by atoms with Crippen molar-refractivity contribution in [2.24, 2.45) is 0 Å². The molecule has 0 spiro atoms. The van der Waals surface area contributed by atoms with Crippen LogP contribution in [-0.4, -0.2) is 15.4 Å². The van der Waals surface area contributed by atoms with E-state index < -0.39 is 4.92 Å². The molecule has 0 radical (unpaired) electrons. The Labute approximate surface area is 154 Å². The molecule has 0 saturated heterocycles. The minimum Gasteiger partial charge on any atom is -0.345 e. The van der Waals surface area contributed by atoms with Crippen LogP contribution in [0, 0.1) is 10.1 Å². The highest BCUT2D eigenvalue weighted by Crippen LogP contribution is 2.33. The van der Waals surface area contributed by atoms with Crippen LogP contribution in [0.1, 0.15) is 21.6 Å². The number of carbonyl (C=O) groups is 1. The second-order valence-corrected chi connectivity index (χ2v) is 6.42. The van der Waals surface area contributed by atoms with E-state index in [2.05, 4.69) is 4.57 Å². The van der Waals surface area contributed by atoms with Crippen molar-refractivity contribution in [1.29, 1.82) is 0 Å². The molecule has 1 aliphatic heterocycles. The monoisotopic (exact) mass is 367 g/mol. The zero-order valence-electron chi connectivity index (χ0n) is 13.6. The number of hydrogen-bond acceptors (Lipinski definition) is 3. The van der Waals surface area contributed by atoms with Crippen molar-refractivity contribution in [2.45, 2.75) is 13.1 Å². The molecule has 2 aromatic carbocycles. The lowest BCUT2D eigenvalue weighted by atomic mass is 10.1. The summed E-state index contributed by atoms with van der Waals surface area (Å²) in [4.78, 5) is 25.4. The van der Waals surface area contributed by atoms with Gasteiger partial charge in [-0.05, 0) is 29.8 Å². The van der Waals surface area contributed by atoms with E-state index in [0.29, 0.717) is 13.1 Å². The van der Waals surface area contributed by atoms with Crippen LogP contribution in [0.5, 0.6) is 0 Å². The lowest BCUT2D eigenvalue weighted by molar-refractivity contribution is -0.384. The molecular weight excluding hydrogens is 354 g/mol. The minimum absolute atomic E-state index is 0.121. The van der Waals surface area contributed by atoms with Gasteiger partial charge in [0.05, 0.1) is 17.0 Å². The normalized spacial score (nSPS) is 12.9. The topological polar surface area (TPSA) is 68.4 Å². The van der Waals surface area contributed by atoms with Gasteiger partial charge in [0.15, 0.2) is 0 Å². The maximum absolute atomic E-state index is 13.3. The number of fused-ring (bicyclic) bond motifs is 2. The molecule has 130 valence electrons. The van der Waals surface area contributed by atoms with E-state index in [1.54, 1.807) is 4.90 Å². The second-order valence-electron chi connectivity index (χ2n) is 6.04. The van der Waals surface area contributed by atoms with Gasteiger partial charge in [-0.1, -0.05) is 35.9 Å². The second kappa shape index (κ2) is 6.31. The van der Waals surface area contributed by atoms with E-state index in [1.165, 1.54) is 18.2 Å². The number of amides is 1. The summed E-state index contributed by atoms with van der Waals surface area (Å²) < 4.78 is 2.08. The van der Waals surface area contributed by atoms with E-state index in [1.807, 2.05) is 42.6 Å². The highest BCUT2D eigenvalue weighted by Gasteiger charge is 2.28. The number of para-hydroxylation sites is 1. The van der Waals surface area contributed by atoms with Crippen molar-refractivity contribution in [3.05, 3.63) is 92.8 Å². The summed E-state index contributed by atoms with van der Waals surface area (Å²) in [6.45, 7) is 1.02. The van der Waals surface area contributed by atoms with Gasteiger partial charge in [-0.2, -0.15) is 0 Å². The summed E-state index contributed by atoms with van der Waals surface area (Å²) in [7, 11) is 0. The fourth-order valence-corrected chi connectivity index (χ4v) is 3.51. The first kappa shape index (κ1) is 16.4. The molecule has 26 heavy (non-hydrogen) atoms. The Hall–Kier alpha value is -3.12. The number of aromatic nitrogens is 1. The molecule has 0 saturated carbocycles. The van der Waals surface area contributed by atoms with Gasteiger partial charge in [0.25, 0.3) is 11.6 Å². The molecule has 0 bridgehead atoms. The van der Waals surface area contributed by atoms with Crippen LogP contribution >= 0.6 is 11.6 Å². The molecule has 2 heterocycles. The zero-order valence-corrected chi connectivity index (χ0v) is 14.4.